The monoisotopic (exact) mass is 399 g/mol. The van der Waals surface area contributed by atoms with Gasteiger partial charge in [0.25, 0.3) is 5.69 Å². The highest BCUT2D eigenvalue weighted by molar-refractivity contribution is 7.99. The van der Waals surface area contributed by atoms with Crippen LogP contribution < -0.4 is 10.1 Å². The number of rotatable bonds is 8. The molecule has 0 unspecified atom stereocenters. The van der Waals surface area contributed by atoms with Crippen LogP contribution in [0.5, 0.6) is 5.75 Å². The largest absolute Gasteiger partial charge is 0.495 e. The molecule has 0 aliphatic heterocycles. The fraction of sp³-hybridized carbons (Fsp3) is 0.167. The summed E-state index contributed by atoms with van der Waals surface area (Å²) in [5, 5.41) is 22.2. The summed E-state index contributed by atoms with van der Waals surface area (Å²) >= 11 is 1.36. The van der Waals surface area contributed by atoms with E-state index in [9.17, 15) is 14.9 Å². The lowest BCUT2D eigenvalue weighted by atomic mass is 10.2. The Balaban J connectivity index is 1.62. The zero-order valence-electron chi connectivity index (χ0n) is 14.9. The molecule has 144 valence electrons. The Kier molecular flexibility index (Phi) is 6.22. The van der Waals surface area contributed by atoms with Crippen LogP contribution in [0.2, 0.25) is 0 Å². The Morgan fingerprint density at radius 1 is 1.25 bits per heavy atom. The van der Waals surface area contributed by atoms with Crippen LogP contribution >= 0.6 is 11.8 Å². The van der Waals surface area contributed by atoms with Crippen LogP contribution in [0.1, 0.15) is 6.42 Å². The van der Waals surface area contributed by atoms with Gasteiger partial charge in [-0.2, -0.15) is 0 Å². The van der Waals surface area contributed by atoms with Gasteiger partial charge in [-0.3, -0.25) is 19.5 Å². The van der Waals surface area contributed by atoms with Crippen LogP contribution in [-0.4, -0.2) is 38.5 Å². The molecule has 9 nitrogen and oxygen atoms in total. The lowest BCUT2D eigenvalue weighted by molar-refractivity contribution is -0.383. The molecule has 0 saturated carbocycles. The van der Waals surface area contributed by atoms with Crippen molar-refractivity contribution in [3.05, 3.63) is 65.0 Å². The molecule has 1 N–H and O–H groups in total. The molecule has 0 fully saturated rings. The van der Waals surface area contributed by atoms with E-state index in [1.165, 1.54) is 23.9 Å². The number of carbonyl (C=O) groups is 1. The molecule has 1 heterocycles. The summed E-state index contributed by atoms with van der Waals surface area (Å²) in [6.45, 7) is 0. The maximum atomic E-state index is 12.2. The second-order valence-corrected chi connectivity index (χ2v) is 6.64. The predicted octanol–water partition coefficient (Wildman–Crippen LogP) is 3.31. The topological polar surface area (TPSA) is 112 Å². The first-order valence-electron chi connectivity index (χ1n) is 8.29. The minimum absolute atomic E-state index is 0.139. The molecule has 2 aromatic carbocycles. The molecular formula is C18H17N5O4S. The zero-order chi connectivity index (χ0) is 19.9. The molecule has 1 amide bonds. The van der Waals surface area contributed by atoms with E-state index < -0.39 is 4.92 Å². The minimum atomic E-state index is -0.528. The SMILES string of the molecule is COc1ccccc1-n1cnnc1SCCC(=O)Nc1ccccc1[N+](=O)[O-]. The van der Waals surface area contributed by atoms with E-state index in [0.717, 1.165) is 5.69 Å². The van der Waals surface area contributed by atoms with Crippen LogP contribution in [0.15, 0.2) is 60.0 Å². The van der Waals surface area contributed by atoms with Gasteiger partial charge in [-0.25, -0.2) is 0 Å². The molecular weight excluding hydrogens is 382 g/mol. The second-order valence-electron chi connectivity index (χ2n) is 5.58. The van der Waals surface area contributed by atoms with E-state index in [4.69, 9.17) is 4.74 Å². The first-order valence-corrected chi connectivity index (χ1v) is 9.28. The first kappa shape index (κ1) is 19.4. The van der Waals surface area contributed by atoms with Gasteiger partial charge < -0.3 is 10.1 Å². The quantitative estimate of drug-likeness (QED) is 0.351. The Morgan fingerprint density at radius 2 is 2.00 bits per heavy atom. The van der Waals surface area contributed by atoms with Crippen molar-refractivity contribution in [3.63, 3.8) is 0 Å². The fourth-order valence-corrected chi connectivity index (χ4v) is 3.36. The number of anilines is 1. The number of methoxy groups -OCH3 is 1. The number of nitrogens with zero attached hydrogens (tertiary/aromatic N) is 4. The molecule has 0 aliphatic rings. The number of hydrogen-bond donors (Lipinski definition) is 1. The summed E-state index contributed by atoms with van der Waals surface area (Å²) in [6, 6.07) is 13.5. The van der Waals surface area contributed by atoms with Gasteiger partial charge in [0.2, 0.25) is 5.91 Å². The maximum absolute atomic E-state index is 12.2. The summed E-state index contributed by atoms with van der Waals surface area (Å²) < 4.78 is 7.14. The van der Waals surface area contributed by atoms with Gasteiger partial charge in [0.15, 0.2) is 5.16 Å². The van der Waals surface area contributed by atoms with Gasteiger partial charge in [-0.05, 0) is 18.2 Å². The summed E-state index contributed by atoms with van der Waals surface area (Å²) in [4.78, 5) is 22.7. The Hall–Kier alpha value is -3.40. The van der Waals surface area contributed by atoms with E-state index in [1.807, 2.05) is 24.3 Å². The number of aromatic nitrogens is 3. The number of carbonyl (C=O) groups excluding carboxylic acids is 1. The van der Waals surface area contributed by atoms with E-state index in [2.05, 4.69) is 15.5 Å². The summed E-state index contributed by atoms with van der Waals surface area (Å²) in [7, 11) is 1.59. The number of amides is 1. The highest BCUT2D eigenvalue weighted by atomic mass is 32.2. The van der Waals surface area contributed by atoms with Crippen molar-refractivity contribution >= 4 is 29.0 Å². The number of thioether (sulfide) groups is 1. The van der Waals surface area contributed by atoms with Crippen molar-refractivity contribution in [3.8, 4) is 11.4 Å². The Morgan fingerprint density at radius 3 is 2.79 bits per heavy atom. The normalized spacial score (nSPS) is 10.5. The van der Waals surface area contributed by atoms with Crippen molar-refractivity contribution < 1.29 is 14.5 Å². The first-order chi connectivity index (χ1) is 13.6. The van der Waals surface area contributed by atoms with E-state index in [0.29, 0.717) is 16.7 Å². The molecule has 0 radical (unpaired) electrons. The number of ether oxygens (including phenoxy) is 1. The summed E-state index contributed by atoms with van der Waals surface area (Å²) in [5.41, 5.74) is 0.834. The number of para-hydroxylation sites is 4. The van der Waals surface area contributed by atoms with E-state index in [-0.39, 0.29) is 23.7 Å². The predicted molar refractivity (Wildman–Crippen MR) is 105 cm³/mol. The van der Waals surface area contributed by atoms with Gasteiger partial charge in [0, 0.05) is 18.2 Å². The summed E-state index contributed by atoms with van der Waals surface area (Å²) in [5.74, 6) is 0.795. The Bertz CT molecular complexity index is 991. The third-order valence-corrected chi connectivity index (χ3v) is 4.74. The molecule has 10 heteroatoms. The van der Waals surface area contributed by atoms with Crippen LogP contribution in [-0.2, 0) is 4.79 Å². The zero-order valence-corrected chi connectivity index (χ0v) is 15.8. The van der Waals surface area contributed by atoms with Crippen LogP contribution in [0, 0.1) is 10.1 Å². The number of nitro benzene ring substituents is 1. The van der Waals surface area contributed by atoms with Crippen molar-refractivity contribution in [2.24, 2.45) is 0 Å². The Labute approximate surface area is 164 Å². The third-order valence-electron chi connectivity index (χ3n) is 3.80. The average Bonchev–Trinajstić information content (AvgIpc) is 3.16. The number of nitro groups is 1. The molecule has 28 heavy (non-hydrogen) atoms. The lowest BCUT2D eigenvalue weighted by Crippen LogP contribution is -2.13. The fourth-order valence-electron chi connectivity index (χ4n) is 2.50. The van der Waals surface area contributed by atoms with Gasteiger partial charge in [-0.1, -0.05) is 36.0 Å². The molecule has 0 spiro atoms. The number of benzene rings is 2. The molecule has 3 rings (SSSR count). The third kappa shape index (κ3) is 4.46. The van der Waals surface area contributed by atoms with Gasteiger partial charge in [-0.15, -0.1) is 10.2 Å². The smallest absolute Gasteiger partial charge is 0.292 e. The van der Waals surface area contributed by atoms with Crippen molar-refractivity contribution in [1.29, 1.82) is 0 Å². The molecule has 1 aromatic heterocycles. The van der Waals surface area contributed by atoms with Gasteiger partial charge in [0.05, 0.1) is 17.7 Å². The van der Waals surface area contributed by atoms with Crippen molar-refractivity contribution in [2.75, 3.05) is 18.2 Å². The van der Waals surface area contributed by atoms with E-state index >= 15 is 0 Å². The van der Waals surface area contributed by atoms with Crippen LogP contribution in [0.4, 0.5) is 11.4 Å². The maximum Gasteiger partial charge on any atom is 0.292 e. The van der Waals surface area contributed by atoms with Crippen LogP contribution in [0.3, 0.4) is 0 Å². The minimum Gasteiger partial charge on any atom is -0.495 e. The number of hydrogen-bond acceptors (Lipinski definition) is 7. The number of nitrogens with one attached hydrogen (secondary N) is 1. The molecule has 3 aromatic rings. The highest BCUT2D eigenvalue weighted by Gasteiger charge is 2.15. The van der Waals surface area contributed by atoms with E-state index in [1.54, 1.807) is 30.1 Å². The summed E-state index contributed by atoms with van der Waals surface area (Å²) in [6.07, 6.45) is 1.74. The molecule has 0 saturated heterocycles. The van der Waals surface area contributed by atoms with Crippen molar-refractivity contribution in [1.82, 2.24) is 14.8 Å². The van der Waals surface area contributed by atoms with Crippen LogP contribution in [0.25, 0.3) is 5.69 Å². The standard InChI is InChI=1S/C18H17N5O4S/c1-27-16-9-5-4-8-15(16)22-12-19-21-18(22)28-11-10-17(24)20-13-6-2-3-7-14(13)23(25)26/h2-9,12H,10-11H2,1H3,(H,20,24). The molecule has 0 bridgehead atoms. The lowest BCUT2D eigenvalue weighted by Gasteiger charge is -2.10. The average molecular weight is 399 g/mol. The van der Waals surface area contributed by atoms with Crippen molar-refractivity contribution in [2.45, 2.75) is 11.6 Å². The molecule has 0 atom stereocenters. The highest BCUT2D eigenvalue weighted by Crippen LogP contribution is 2.27. The molecule has 0 aliphatic carbocycles. The van der Waals surface area contributed by atoms with Gasteiger partial charge >= 0.3 is 0 Å². The second kappa shape index (κ2) is 9.00. The van der Waals surface area contributed by atoms with Gasteiger partial charge in [0.1, 0.15) is 17.8 Å².